The van der Waals surface area contributed by atoms with E-state index in [1.807, 2.05) is 30.3 Å². The lowest BCUT2D eigenvalue weighted by Gasteiger charge is -2.13. The van der Waals surface area contributed by atoms with Crippen molar-refractivity contribution in [1.29, 1.82) is 0 Å². The average molecular weight is 400 g/mol. The molecule has 0 aromatic heterocycles. The number of rotatable bonds is 11. The first-order valence-corrected chi connectivity index (χ1v) is 9.12. The second-order valence-electron chi connectivity index (χ2n) is 6.42. The summed E-state index contributed by atoms with van der Waals surface area (Å²) in [5, 5.41) is 9.42. The minimum absolute atomic E-state index is 0.0159. The fourth-order valence-corrected chi connectivity index (χ4v) is 2.77. The van der Waals surface area contributed by atoms with Gasteiger partial charge >= 0.3 is 11.9 Å². The van der Waals surface area contributed by atoms with Crippen molar-refractivity contribution in [2.45, 2.75) is 25.9 Å². The molecule has 0 saturated carbocycles. The summed E-state index contributed by atoms with van der Waals surface area (Å²) >= 11 is 0. The van der Waals surface area contributed by atoms with Crippen LogP contribution in [0.5, 0.6) is 11.5 Å². The van der Waals surface area contributed by atoms with E-state index in [9.17, 15) is 19.5 Å². The molecular formula is C22H24O7. The van der Waals surface area contributed by atoms with Gasteiger partial charge in [0, 0.05) is 18.4 Å². The molecule has 0 aliphatic heterocycles. The van der Waals surface area contributed by atoms with Gasteiger partial charge in [-0.15, -0.1) is 0 Å². The van der Waals surface area contributed by atoms with Crippen LogP contribution in [-0.4, -0.2) is 37.0 Å². The van der Waals surface area contributed by atoms with Crippen LogP contribution in [0.2, 0.25) is 0 Å². The van der Waals surface area contributed by atoms with Crippen molar-refractivity contribution in [3.05, 3.63) is 59.7 Å². The highest BCUT2D eigenvalue weighted by Crippen LogP contribution is 2.28. The smallest absolute Gasteiger partial charge is 0.306 e. The maximum absolute atomic E-state index is 12.5. The topological polar surface area (TPSA) is 99.1 Å². The number of methoxy groups -OCH3 is 2. The van der Waals surface area contributed by atoms with Crippen LogP contribution in [0, 0.1) is 5.92 Å². The van der Waals surface area contributed by atoms with Gasteiger partial charge < -0.3 is 19.3 Å². The lowest BCUT2D eigenvalue weighted by molar-refractivity contribution is -0.146. The number of carboxylic acids is 1. The average Bonchev–Trinajstić information content (AvgIpc) is 2.74. The van der Waals surface area contributed by atoms with Crippen LogP contribution in [0.25, 0.3) is 0 Å². The Balaban J connectivity index is 1.91. The van der Waals surface area contributed by atoms with Crippen molar-refractivity contribution >= 4 is 17.7 Å². The van der Waals surface area contributed by atoms with Gasteiger partial charge in [-0.05, 0) is 30.2 Å². The maximum Gasteiger partial charge on any atom is 0.306 e. The first kappa shape index (κ1) is 21.9. The first-order valence-electron chi connectivity index (χ1n) is 9.12. The Hall–Kier alpha value is -3.35. The molecule has 1 atom stereocenters. The zero-order valence-electron chi connectivity index (χ0n) is 16.4. The number of hydrogen-bond donors (Lipinski definition) is 1. The molecule has 0 radical (unpaired) electrons. The normalized spacial score (nSPS) is 11.4. The summed E-state index contributed by atoms with van der Waals surface area (Å²) in [5.74, 6) is -2.11. The summed E-state index contributed by atoms with van der Waals surface area (Å²) in [4.78, 5) is 36.0. The molecule has 0 heterocycles. The number of aliphatic carboxylic acids is 1. The Morgan fingerprint density at radius 2 is 1.66 bits per heavy atom. The van der Waals surface area contributed by atoms with Crippen LogP contribution < -0.4 is 9.47 Å². The van der Waals surface area contributed by atoms with E-state index in [0.717, 1.165) is 5.56 Å². The summed E-state index contributed by atoms with van der Waals surface area (Å²) < 4.78 is 15.5. The van der Waals surface area contributed by atoms with Crippen molar-refractivity contribution in [2.75, 3.05) is 14.2 Å². The van der Waals surface area contributed by atoms with Gasteiger partial charge in [0.1, 0.15) is 6.61 Å². The number of hydrogen-bond acceptors (Lipinski definition) is 6. The summed E-state index contributed by atoms with van der Waals surface area (Å²) in [6.07, 6.45) is -0.290. The SMILES string of the molecule is COc1ccc(C(=O)C[C@@H](CCC(=O)OCc2ccccc2)C(=O)O)cc1OC. The highest BCUT2D eigenvalue weighted by Gasteiger charge is 2.24. The van der Waals surface area contributed by atoms with Crippen molar-refractivity contribution in [3.63, 3.8) is 0 Å². The van der Waals surface area contributed by atoms with Crippen molar-refractivity contribution in [2.24, 2.45) is 5.92 Å². The summed E-state index contributed by atoms with van der Waals surface area (Å²) in [5.41, 5.74) is 1.17. The van der Waals surface area contributed by atoms with Gasteiger partial charge in [-0.3, -0.25) is 14.4 Å². The van der Waals surface area contributed by atoms with E-state index < -0.39 is 17.9 Å². The molecule has 0 aliphatic rings. The van der Waals surface area contributed by atoms with Crippen LogP contribution in [0.15, 0.2) is 48.5 Å². The van der Waals surface area contributed by atoms with Gasteiger partial charge in [0.05, 0.1) is 20.1 Å². The molecule has 29 heavy (non-hydrogen) atoms. The number of carboxylic acid groups (broad SMARTS) is 1. The number of ketones is 1. The summed E-state index contributed by atoms with van der Waals surface area (Å²) in [6.45, 7) is 0.127. The third-order valence-corrected chi connectivity index (χ3v) is 4.43. The Morgan fingerprint density at radius 3 is 2.28 bits per heavy atom. The molecule has 7 heteroatoms. The fraction of sp³-hybridized carbons (Fsp3) is 0.318. The highest BCUT2D eigenvalue weighted by atomic mass is 16.5. The molecule has 1 N–H and O–H groups in total. The first-order chi connectivity index (χ1) is 13.9. The number of ether oxygens (including phenoxy) is 3. The standard InChI is InChI=1S/C22H24O7/c1-27-19-10-8-16(13-20(19)28-2)18(23)12-17(22(25)26)9-11-21(24)29-14-15-6-4-3-5-7-15/h3-8,10,13,17H,9,11-12,14H2,1-2H3,(H,25,26)/t17-/m1/s1. The van der Waals surface area contributed by atoms with E-state index in [4.69, 9.17) is 14.2 Å². The molecule has 154 valence electrons. The molecule has 2 aromatic rings. The molecule has 0 saturated heterocycles. The van der Waals surface area contributed by atoms with Crippen LogP contribution in [0.4, 0.5) is 0 Å². The summed E-state index contributed by atoms with van der Waals surface area (Å²) in [7, 11) is 2.93. The molecule has 0 bridgehead atoms. The van der Waals surface area contributed by atoms with Gasteiger partial charge in [-0.1, -0.05) is 30.3 Å². The third-order valence-electron chi connectivity index (χ3n) is 4.43. The van der Waals surface area contributed by atoms with E-state index in [1.54, 1.807) is 12.1 Å². The Bertz CT molecular complexity index is 845. The Kier molecular flexibility index (Phi) is 8.21. The molecule has 0 fully saturated rings. The van der Waals surface area contributed by atoms with E-state index in [1.165, 1.54) is 20.3 Å². The third kappa shape index (κ3) is 6.64. The Labute approximate surface area is 169 Å². The number of esters is 1. The zero-order chi connectivity index (χ0) is 21.2. The van der Waals surface area contributed by atoms with Gasteiger partial charge in [0.25, 0.3) is 0 Å². The second-order valence-corrected chi connectivity index (χ2v) is 6.42. The quantitative estimate of drug-likeness (QED) is 0.455. The monoisotopic (exact) mass is 400 g/mol. The van der Waals surface area contributed by atoms with E-state index in [0.29, 0.717) is 17.1 Å². The molecule has 0 amide bonds. The van der Waals surface area contributed by atoms with Crippen molar-refractivity contribution < 1.29 is 33.7 Å². The zero-order valence-corrected chi connectivity index (χ0v) is 16.4. The fourth-order valence-electron chi connectivity index (χ4n) is 2.77. The van der Waals surface area contributed by atoms with E-state index in [2.05, 4.69) is 0 Å². The van der Waals surface area contributed by atoms with Gasteiger partial charge in [0.2, 0.25) is 0 Å². The highest BCUT2D eigenvalue weighted by molar-refractivity contribution is 5.98. The molecule has 7 nitrogen and oxygen atoms in total. The number of Topliss-reactive ketones (excluding diaryl/α,β-unsaturated/α-hetero) is 1. The van der Waals surface area contributed by atoms with E-state index in [-0.39, 0.29) is 31.7 Å². The van der Waals surface area contributed by atoms with Crippen LogP contribution >= 0.6 is 0 Å². The molecular weight excluding hydrogens is 376 g/mol. The minimum atomic E-state index is -1.13. The molecule has 2 rings (SSSR count). The molecule has 2 aromatic carbocycles. The molecule has 0 aliphatic carbocycles. The van der Waals surface area contributed by atoms with Gasteiger partial charge in [-0.25, -0.2) is 0 Å². The van der Waals surface area contributed by atoms with Crippen LogP contribution in [0.1, 0.15) is 35.2 Å². The molecule has 0 spiro atoms. The lowest BCUT2D eigenvalue weighted by atomic mass is 9.94. The molecule has 0 unspecified atom stereocenters. The lowest BCUT2D eigenvalue weighted by Crippen LogP contribution is -2.20. The largest absolute Gasteiger partial charge is 0.493 e. The Morgan fingerprint density at radius 1 is 0.966 bits per heavy atom. The van der Waals surface area contributed by atoms with Gasteiger partial charge in [-0.2, -0.15) is 0 Å². The minimum Gasteiger partial charge on any atom is -0.493 e. The van der Waals surface area contributed by atoms with Crippen molar-refractivity contribution in [3.8, 4) is 11.5 Å². The predicted molar refractivity (Wildman–Crippen MR) is 105 cm³/mol. The van der Waals surface area contributed by atoms with Gasteiger partial charge in [0.15, 0.2) is 17.3 Å². The predicted octanol–water partition coefficient (Wildman–Crippen LogP) is 3.50. The number of carbonyl (C=O) groups is 3. The van der Waals surface area contributed by atoms with E-state index >= 15 is 0 Å². The van der Waals surface area contributed by atoms with Crippen LogP contribution in [0.3, 0.4) is 0 Å². The second kappa shape index (κ2) is 10.8. The maximum atomic E-state index is 12.5. The number of benzene rings is 2. The summed E-state index contributed by atoms with van der Waals surface area (Å²) in [6, 6.07) is 13.8. The number of carbonyl (C=O) groups excluding carboxylic acids is 2. The van der Waals surface area contributed by atoms with Crippen LogP contribution in [-0.2, 0) is 20.9 Å². The van der Waals surface area contributed by atoms with Crippen molar-refractivity contribution in [1.82, 2.24) is 0 Å².